The fraction of sp³-hybridized carbons (Fsp3) is 0.250. The van der Waals surface area contributed by atoms with Crippen molar-refractivity contribution in [3.05, 3.63) is 68.4 Å². The van der Waals surface area contributed by atoms with Crippen molar-refractivity contribution in [2.45, 2.75) is 19.9 Å². The third kappa shape index (κ3) is 3.40. The van der Waals surface area contributed by atoms with Crippen molar-refractivity contribution in [1.29, 1.82) is 0 Å². The Kier molecular flexibility index (Phi) is 5.19. The molecule has 4 heteroatoms. The summed E-state index contributed by atoms with van der Waals surface area (Å²) in [6.07, 6.45) is 0. The highest BCUT2D eigenvalue weighted by molar-refractivity contribution is 9.10. The molecule has 106 valence electrons. The van der Waals surface area contributed by atoms with Crippen LogP contribution in [0.25, 0.3) is 0 Å². The molecule has 0 aliphatic rings. The number of aryl methyl sites for hydroxylation is 1. The monoisotopic (exact) mass is 355 g/mol. The van der Waals surface area contributed by atoms with Crippen LogP contribution in [0.1, 0.15) is 29.7 Å². The molecule has 0 saturated heterocycles. The van der Waals surface area contributed by atoms with Crippen LogP contribution in [0.4, 0.5) is 4.39 Å². The van der Waals surface area contributed by atoms with Gasteiger partial charge in [-0.05, 0) is 58.7 Å². The van der Waals surface area contributed by atoms with E-state index in [0.29, 0.717) is 15.1 Å². The van der Waals surface area contributed by atoms with E-state index in [1.165, 1.54) is 0 Å². The van der Waals surface area contributed by atoms with Gasteiger partial charge in [-0.25, -0.2) is 4.39 Å². The second-order valence-electron chi connectivity index (χ2n) is 4.70. The van der Waals surface area contributed by atoms with Gasteiger partial charge in [-0.2, -0.15) is 0 Å². The molecule has 1 atom stereocenters. The van der Waals surface area contributed by atoms with E-state index >= 15 is 0 Å². The lowest BCUT2D eigenvalue weighted by molar-refractivity contribution is 0.555. The smallest absolute Gasteiger partial charge is 0.142 e. The molecule has 0 aliphatic carbocycles. The van der Waals surface area contributed by atoms with Crippen molar-refractivity contribution >= 4 is 27.5 Å². The molecule has 0 radical (unpaired) electrons. The summed E-state index contributed by atoms with van der Waals surface area (Å²) in [4.78, 5) is 0. The van der Waals surface area contributed by atoms with Crippen LogP contribution < -0.4 is 5.32 Å². The summed E-state index contributed by atoms with van der Waals surface area (Å²) in [5.41, 5.74) is 2.64. The molecule has 1 N–H and O–H groups in total. The van der Waals surface area contributed by atoms with E-state index in [9.17, 15) is 4.39 Å². The first kappa shape index (κ1) is 15.5. The molecule has 2 aromatic carbocycles. The number of hydrogen-bond donors (Lipinski definition) is 1. The van der Waals surface area contributed by atoms with Gasteiger partial charge in [0.05, 0.1) is 10.5 Å². The topological polar surface area (TPSA) is 12.0 Å². The standard InChI is InChI=1S/C16H16BrClFN/c1-3-20-16(11-7-10(2)8-12(18)9-11)13-5-4-6-14(17)15(13)19/h4-9,16,20H,3H2,1-2H3. The highest BCUT2D eigenvalue weighted by atomic mass is 79.9. The quantitative estimate of drug-likeness (QED) is 0.789. The Morgan fingerprint density at radius 3 is 2.70 bits per heavy atom. The van der Waals surface area contributed by atoms with Crippen LogP contribution in [0.15, 0.2) is 40.9 Å². The zero-order valence-electron chi connectivity index (χ0n) is 11.4. The largest absolute Gasteiger partial charge is 0.306 e. The van der Waals surface area contributed by atoms with Crippen molar-refractivity contribution < 1.29 is 4.39 Å². The van der Waals surface area contributed by atoms with Crippen molar-refractivity contribution in [3.8, 4) is 0 Å². The van der Waals surface area contributed by atoms with Gasteiger partial charge < -0.3 is 5.32 Å². The maximum Gasteiger partial charge on any atom is 0.142 e. The fourth-order valence-corrected chi connectivity index (χ4v) is 2.97. The molecule has 2 aromatic rings. The highest BCUT2D eigenvalue weighted by Crippen LogP contribution is 2.30. The first-order valence-electron chi connectivity index (χ1n) is 6.47. The van der Waals surface area contributed by atoms with Gasteiger partial charge in [-0.15, -0.1) is 0 Å². The van der Waals surface area contributed by atoms with E-state index in [0.717, 1.165) is 17.7 Å². The predicted molar refractivity (Wildman–Crippen MR) is 85.8 cm³/mol. The Labute approximate surface area is 132 Å². The summed E-state index contributed by atoms with van der Waals surface area (Å²) >= 11 is 9.36. The molecule has 0 amide bonds. The summed E-state index contributed by atoms with van der Waals surface area (Å²) in [7, 11) is 0. The second-order valence-corrected chi connectivity index (χ2v) is 5.99. The van der Waals surface area contributed by atoms with Crippen LogP contribution >= 0.6 is 27.5 Å². The molecule has 0 bridgehead atoms. The average Bonchev–Trinajstić information content (AvgIpc) is 2.38. The van der Waals surface area contributed by atoms with E-state index in [4.69, 9.17) is 11.6 Å². The molecule has 0 spiro atoms. The number of nitrogens with one attached hydrogen (secondary N) is 1. The third-order valence-corrected chi connectivity index (χ3v) is 3.93. The van der Waals surface area contributed by atoms with Crippen molar-refractivity contribution in [2.75, 3.05) is 6.54 Å². The highest BCUT2D eigenvalue weighted by Gasteiger charge is 2.19. The van der Waals surface area contributed by atoms with Gasteiger partial charge in [0.1, 0.15) is 5.82 Å². The molecular weight excluding hydrogens is 341 g/mol. The maximum atomic E-state index is 14.3. The minimum atomic E-state index is -0.240. The molecule has 0 saturated carbocycles. The van der Waals surface area contributed by atoms with Gasteiger partial charge in [0, 0.05) is 10.6 Å². The molecule has 1 unspecified atom stereocenters. The van der Waals surface area contributed by atoms with Gasteiger partial charge >= 0.3 is 0 Å². The van der Waals surface area contributed by atoms with E-state index in [1.807, 2.05) is 38.1 Å². The van der Waals surface area contributed by atoms with Gasteiger partial charge in [-0.1, -0.05) is 36.7 Å². The molecule has 0 aromatic heterocycles. The molecular formula is C16H16BrClFN. The van der Waals surface area contributed by atoms with Crippen LogP contribution in [0, 0.1) is 12.7 Å². The molecule has 0 aliphatic heterocycles. The molecule has 0 fully saturated rings. The zero-order chi connectivity index (χ0) is 14.7. The Morgan fingerprint density at radius 1 is 1.30 bits per heavy atom. The van der Waals surface area contributed by atoms with Crippen LogP contribution in [0.3, 0.4) is 0 Å². The van der Waals surface area contributed by atoms with E-state index in [-0.39, 0.29) is 11.9 Å². The lowest BCUT2D eigenvalue weighted by Crippen LogP contribution is -2.23. The normalized spacial score (nSPS) is 12.4. The Bertz CT molecular complexity index is 595. The lowest BCUT2D eigenvalue weighted by Gasteiger charge is -2.21. The van der Waals surface area contributed by atoms with Crippen molar-refractivity contribution in [1.82, 2.24) is 5.32 Å². The summed E-state index contributed by atoms with van der Waals surface area (Å²) in [5.74, 6) is -0.240. The Morgan fingerprint density at radius 2 is 2.05 bits per heavy atom. The van der Waals surface area contributed by atoms with Crippen LogP contribution in [-0.2, 0) is 0 Å². The number of hydrogen-bond acceptors (Lipinski definition) is 1. The lowest BCUT2D eigenvalue weighted by atomic mass is 9.97. The zero-order valence-corrected chi connectivity index (χ0v) is 13.7. The summed E-state index contributed by atoms with van der Waals surface area (Å²) in [6, 6.07) is 10.9. The average molecular weight is 357 g/mol. The summed E-state index contributed by atoms with van der Waals surface area (Å²) < 4.78 is 14.8. The minimum absolute atomic E-state index is 0.213. The SMILES string of the molecule is CCNC(c1cc(C)cc(Cl)c1)c1cccc(Br)c1F. The molecule has 0 heterocycles. The van der Waals surface area contributed by atoms with Crippen LogP contribution in [0.5, 0.6) is 0 Å². The molecule has 2 rings (SSSR count). The minimum Gasteiger partial charge on any atom is -0.306 e. The van der Waals surface area contributed by atoms with Crippen molar-refractivity contribution in [2.24, 2.45) is 0 Å². The Balaban J connectivity index is 2.53. The van der Waals surface area contributed by atoms with Gasteiger partial charge in [0.2, 0.25) is 0 Å². The predicted octanol–water partition coefficient (Wildman–Crippen LogP) is 5.25. The van der Waals surface area contributed by atoms with Gasteiger partial charge in [0.15, 0.2) is 0 Å². The van der Waals surface area contributed by atoms with Gasteiger partial charge in [-0.3, -0.25) is 0 Å². The van der Waals surface area contributed by atoms with Crippen LogP contribution in [0.2, 0.25) is 5.02 Å². The van der Waals surface area contributed by atoms with Gasteiger partial charge in [0.25, 0.3) is 0 Å². The number of benzene rings is 2. The summed E-state index contributed by atoms with van der Waals surface area (Å²) in [5, 5.41) is 3.98. The van der Waals surface area contributed by atoms with Crippen molar-refractivity contribution in [3.63, 3.8) is 0 Å². The molecule has 1 nitrogen and oxygen atoms in total. The first-order valence-corrected chi connectivity index (χ1v) is 7.64. The second kappa shape index (κ2) is 6.70. The Hall–Kier alpha value is -0.900. The summed E-state index contributed by atoms with van der Waals surface area (Å²) in [6.45, 7) is 4.72. The van der Waals surface area contributed by atoms with Crippen LogP contribution in [-0.4, -0.2) is 6.54 Å². The molecule has 20 heavy (non-hydrogen) atoms. The fourth-order valence-electron chi connectivity index (χ4n) is 2.29. The van der Waals surface area contributed by atoms with E-state index in [1.54, 1.807) is 12.1 Å². The number of halogens is 3. The third-order valence-electron chi connectivity index (χ3n) is 3.10. The first-order chi connectivity index (χ1) is 9.52. The number of rotatable bonds is 4. The maximum absolute atomic E-state index is 14.3. The van der Waals surface area contributed by atoms with E-state index in [2.05, 4.69) is 21.2 Å². The van der Waals surface area contributed by atoms with E-state index < -0.39 is 0 Å².